The Balaban J connectivity index is 2.18. The Kier molecular flexibility index (Phi) is 6.10. The molecule has 23 heavy (non-hydrogen) atoms. The van der Waals surface area contributed by atoms with E-state index >= 15 is 0 Å². The Labute approximate surface area is 145 Å². The zero-order chi connectivity index (χ0) is 16.8. The first kappa shape index (κ1) is 17.4. The van der Waals surface area contributed by atoms with E-state index in [2.05, 4.69) is 38.1 Å². The number of hydrogen-bond acceptors (Lipinski definition) is 4. The van der Waals surface area contributed by atoms with Crippen molar-refractivity contribution >= 4 is 33.3 Å². The van der Waals surface area contributed by atoms with Crippen LogP contribution in [0, 0.1) is 6.92 Å². The van der Waals surface area contributed by atoms with Crippen LogP contribution in [0.2, 0.25) is 0 Å². The van der Waals surface area contributed by atoms with E-state index in [1.54, 1.807) is 13.0 Å². The summed E-state index contributed by atoms with van der Waals surface area (Å²) in [5.74, 6) is 1.12. The first-order valence-electron chi connectivity index (χ1n) is 7.63. The van der Waals surface area contributed by atoms with Crippen LogP contribution in [0.1, 0.15) is 36.1 Å². The lowest BCUT2D eigenvalue weighted by Gasteiger charge is -2.18. The van der Waals surface area contributed by atoms with Crippen LogP contribution >= 0.6 is 15.9 Å². The Morgan fingerprint density at radius 1 is 1.30 bits per heavy atom. The van der Waals surface area contributed by atoms with Gasteiger partial charge in [-0.25, -0.2) is 9.97 Å². The average molecular weight is 377 g/mol. The van der Waals surface area contributed by atoms with Gasteiger partial charge in [0.1, 0.15) is 17.3 Å². The lowest BCUT2D eigenvalue weighted by Crippen LogP contribution is -2.22. The third-order valence-corrected chi connectivity index (χ3v) is 3.87. The zero-order valence-electron chi connectivity index (χ0n) is 13.6. The van der Waals surface area contributed by atoms with Crippen molar-refractivity contribution in [3.8, 4) is 0 Å². The second-order valence-corrected chi connectivity index (χ2v) is 6.31. The highest BCUT2D eigenvalue weighted by Crippen LogP contribution is 2.17. The van der Waals surface area contributed by atoms with Crippen molar-refractivity contribution in [3.05, 3.63) is 46.3 Å². The molecule has 0 aliphatic rings. The molecule has 0 saturated heterocycles. The quantitative estimate of drug-likeness (QED) is 0.826. The predicted octanol–water partition coefficient (Wildman–Crippen LogP) is 4.04. The summed E-state index contributed by atoms with van der Waals surface area (Å²) in [5, 5.41) is 2.86. The molecule has 2 aromatic rings. The highest BCUT2D eigenvalue weighted by atomic mass is 79.9. The van der Waals surface area contributed by atoms with E-state index in [-0.39, 0.29) is 5.91 Å². The summed E-state index contributed by atoms with van der Waals surface area (Å²) in [4.78, 5) is 23.2. The number of nitrogens with zero attached hydrogens (tertiary/aromatic N) is 3. The molecule has 0 radical (unpaired) electrons. The minimum absolute atomic E-state index is 0.237. The first-order valence-corrected chi connectivity index (χ1v) is 8.42. The molecule has 0 spiro atoms. The van der Waals surface area contributed by atoms with Crippen LogP contribution in [0.5, 0.6) is 0 Å². The van der Waals surface area contributed by atoms with E-state index < -0.39 is 0 Å². The number of anilines is 2. The summed E-state index contributed by atoms with van der Waals surface area (Å²) < 4.78 is 0.911. The van der Waals surface area contributed by atoms with Crippen molar-refractivity contribution in [3.63, 3.8) is 0 Å². The number of unbranched alkanes of at least 4 members (excludes halogenated alkanes) is 1. The number of aromatic nitrogens is 2. The van der Waals surface area contributed by atoms with Gasteiger partial charge in [0.15, 0.2) is 0 Å². The third-order valence-electron chi connectivity index (χ3n) is 3.38. The van der Waals surface area contributed by atoms with Crippen molar-refractivity contribution < 1.29 is 4.79 Å². The normalized spacial score (nSPS) is 10.4. The molecular formula is C17H21BrN4O. The highest BCUT2D eigenvalue weighted by Gasteiger charge is 2.13. The van der Waals surface area contributed by atoms with Gasteiger partial charge in [-0.1, -0.05) is 35.3 Å². The zero-order valence-corrected chi connectivity index (χ0v) is 15.2. The Bertz CT molecular complexity index is 690. The average Bonchev–Trinajstić information content (AvgIpc) is 2.52. The molecule has 1 aromatic heterocycles. The number of nitrogens with one attached hydrogen (secondary N) is 1. The Hall–Kier alpha value is -1.95. The van der Waals surface area contributed by atoms with Crippen LogP contribution in [0.25, 0.3) is 0 Å². The molecular weight excluding hydrogens is 356 g/mol. The summed E-state index contributed by atoms with van der Waals surface area (Å²) in [6.07, 6.45) is 2.20. The maximum Gasteiger partial charge on any atom is 0.274 e. The van der Waals surface area contributed by atoms with Gasteiger partial charge in [0, 0.05) is 29.8 Å². The van der Waals surface area contributed by atoms with Gasteiger partial charge in [-0.3, -0.25) is 4.79 Å². The molecule has 0 unspecified atom stereocenters. The molecule has 6 heteroatoms. The minimum Gasteiger partial charge on any atom is -0.360 e. The number of hydrogen-bond donors (Lipinski definition) is 1. The van der Waals surface area contributed by atoms with Gasteiger partial charge in [0.2, 0.25) is 0 Å². The molecule has 122 valence electrons. The van der Waals surface area contributed by atoms with Crippen molar-refractivity contribution in [2.75, 3.05) is 23.8 Å². The van der Waals surface area contributed by atoms with Gasteiger partial charge in [-0.05, 0) is 31.5 Å². The van der Waals surface area contributed by atoms with Crippen LogP contribution in [0.3, 0.4) is 0 Å². The van der Waals surface area contributed by atoms with Crippen molar-refractivity contribution in [2.24, 2.45) is 0 Å². The van der Waals surface area contributed by atoms with Crippen LogP contribution < -0.4 is 10.2 Å². The van der Waals surface area contributed by atoms with E-state index in [1.165, 1.54) is 0 Å². The fourth-order valence-corrected chi connectivity index (χ4v) is 2.53. The molecule has 1 aromatic carbocycles. The number of carbonyl (C=O) groups excluding carboxylic acids is 1. The van der Waals surface area contributed by atoms with Crippen LogP contribution in [0.4, 0.5) is 11.5 Å². The summed E-state index contributed by atoms with van der Waals surface area (Å²) in [5.41, 5.74) is 1.09. The second kappa shape index (κ2) is 8.06. The Morgan fingerprint density at radius 2 is 2.09 bits per heavy atom. The van der Waals surface area contributed by atoms with Crippen LogP contribution in [-0.2, 0) is 0 Å². The van der Waals surface area contributed by atoms with E-state index in [4.69, 9.17) is 0 Å². The molecule has 1 heterocycles. The number of aryl methyl sites for hydroxylation is 1. The van der Waals surface area contributed by atoms with Crippen LogP contribution in [0.15, 0.2) is 34.8 Å². The first-order chi connectivity index (χ1) is 11.0. The standard InChI is InChI=1S/C17H21BrN4O/c1-4-5-9-22(3)16-11-15(19-12(2)20-16)17(23)21-14-8-6-7-13(18)10-14/h6-8,10-11H,4-5,9H2,1-3H3,(H,21,23). The number of halogens is 1. The SMILES string of the molecule is CCCCN(C)c1cc(C(=O)Nc2cccc(Br)c2)nc(C)n1. The topological polar surface area (TPSA) is 58.1 Å². The summed E-state index contributed by atoms with van der Waals surface area (Å²) in [7, 11) is 1.98. The summed E-state index contributed by atoms with van der Waals surface area (Å²) in [6.45, 7) is 4.85. The minimum atomic E-state index is -0.237. The van der Waals surface area contributed by atoms with E-state index in [9.17, 15) is 4.79 Å². The lowest BCUT2D eigenvalue weighted by molar-refractivity contribution is 0.102. The largest absolute Gasteiger partial charge is 0.360 e. The molecule has 0 saturated carbocycles. The monoisotopic (exact) mass is 376 g/mol. The highest BCUT2D eigenvalue weighted by molar-refractivity contribution is 9.10. The molecule has 2 rings (SSSR count). The van der Waals surface area contributed by atoms with Crippen molar-refractivity contribution in [1.29, 1.82) is 0 Å². The number of rotatable bonds is 6. The summed E-state index contributed by atoms with van der Waals surface area (Å²) in [6, 6.07) is 9.20. The maximum atomic E-state index is 12.4. The van der Waals surface area contributed by atoms with Crippen molar-refractivity contribution in [1.82, 2.24) is 9.97 Å². The number of carbonyl (C=O) groups is 1. The molecule has 1 amide bonds. The van der Waals surface area contributed by atoms with Gasteiger partial charge >= 0.3 is 0 Å². The van der Waals surface area contributed by atoms with E-state index in [0.717, 1.165) is 35.4 Å². The third kappa shape index (κ3) is 5.03. The molecule has 0 aliphatic heterocycles. The van der Waals surface area contributed by atoms with Gasteiger partial charge in [0.05, 0.1) is 0 Å². The fourth-order valence-electron chi connectivity index (χ4n) is 2.13. The lowest BCUT2D eigenvalue weighted by atomic mass is 10.3. The molecule has 0 atom stereocenters. The van der Waals surface area contributed by atoms with Crippen LogP contribution in [-0.4, -0.2) is 29.5 Å². The fraction of sp³-hybridized carbons (Fsp3) is 0.353. The molecule has 5 nitrogen and oxygen atoms in total. The summed E-state index contributed by atoms with van der Waals surface area (Å²) >= 11 is 3.39. The predicted molar refractivity (Wildman–Crippen MR) is 97.0 cm³/mol. The maximum absolute atomic E-state index is 12.4. The van der Waals surface area contributed by atoms with Gasteiger partial charge in [-0.2, -0.15) is 0 Å². The van der Waals surface area contributed by atoms with Gasteiger partial charge in [0.25, 0.3) is 5.91 Å². The molecule has 0 bridgehead atoms. The van der Waals surface area contributed by atoms with Gasteiger partial charge < -0.3 is 10.2 Å². The molecule has 1 N–H and O–H groups in total. The smallest absolute Gasteiger partial charge is 0.274 e. The van der Waals surface area contributed by atoms with E-state index in [1.807, 2.05) is 36.2 Å². The van der Waals surface area contributed by atoms with Crippen molar-refractivity contribution in [2.45, 2.75) is 26.7 Å². The number of benzene rings is 1. The molecule has 0 aliphatic carbocycles. The number of amides is 1. The molecule has 0 fully saturated rings. The Morgan fingerprint density at radius 3 is 2.78 bits per heavy atom. The van der Waals surface area contributed by atoms with E-state index in [0.29, 0.717) is 11.5 Å². The van der Waals surface area contributed by atoms with Gasteiger partial charge in [-0.15, -0.1) is 0 Å². The second-order valence-electron chi connectivity index (χ2n) is 5.40.